The Morgan fingerprint density at radius 3 is 2.76 bits per heavy atom. The van der Waals surface area contributed by atoms with E-state index in [0.29, 0.717) is 25.1 Å². The molecule has 1 aliphatic rings. The minimum atomic E-state index is -4.37. The number of aliphatic hydroxyl groups is 1. The van der Waals surface area contributed by atoms with Crippen LogP contribution in [0.4, 0.5) is 11.4 Å². The molecular formula is C23H26ClN3O6S. The van der Waals surface area contributed by atoms with Crippen molar-refractivity contribution in [2.24, 2.45) is 0 Å². The van der Waals surface area contributed by atoms with E-state index in [1.54, 1.807) is 6.07 Å². The van der Waals surface area contributed by atoms with E-state index in [9.17, 15) is 28.7 Å². The van der Waals surface area contributed by atoms with Crippen LogP contribution in [-0.2, 0) is 14.8 Å². The molecule has 0 bridgehead atoms. The number of nitriles is 1. The fraction of sp³-hybridized carbons (Fsp3) is 0.391. The highest BCUT2D eigenvalue weighted by Crippen LogP contribution is 2.38. The summed E-state index contributed by atoms with van der Waals surface area (Å²) < 4.78 is 33.6. The van der Waals surface area contributed by atoms with Crippen molar-refractivity contribution < 1.29 is 28.2 Å². The van der Waals surface area contributed by atoms with Crippen molar-refractivity contribution in [1.82, 2.24) is 0 Å². The van der Waals surface area contributed by atoms with Crippen molar-refractivity contribution in [2.75, 3.05) is 29.9 Å². The Hall–Kier alpha value is -3.00. The number of aliphatic hydroxyl groups excluding tert-OH is 1. The molecule has 3 rings (SSSR count). The Balaban J connectivity index is 2.07. The monoisotopic (exact) mass is 507 g/mol. The number of methoxy groups -OCH3 is 1. The van der Waals surface area contributed by atoms with Crippen molar-refractivity contribution in [1.29, 1.82) is 5.26 Å². The van der Waals surface area contributed by atoms with Gasteiger partial charge in [0.05, 0.1) is 34.6 Å². The molecule has 1 saturated heterocycles. The number of phenolic OH excluding ortho intramolecular Hbond substituents is 1. The number of piperidine rings is 1. The fourth-order valence-electron chi connectivity index (χ4n) is 4.09. The zero-order valence-electron chi connectivity index (χ0n) is 18.6. The van der Waals surface area contributed by atoms with Crippen LogP contribution in [0, 0.1) is 11.3 Å². The van der Waals surface area contributed by atoms with Crippen LogP contribution in [0.3, 0.4) is 0 Å². The van der Waals surface area contributed by atoms with Crippen LogP contribution in [0.15, 0.2) is 35.2 Å². The van der Waals surface area contributed by atoms with E-state index in [0.717, 1.165) is 38.5 Å². The molecular weight excluding hydrogens is 482 g/mol. The predicted octanol–water partition coefficient (Wildman–Crippen LogP) is 3.64. The summed E-state index contributed by atoms with van der Waals surface area (Å²) >= 11 is 6.30. The van der Waals surface area contributed by atoms with Crippen molar-refractivity contribution in [3.63, 3.8) is 0 Å². The molecule has 2 aromatic carbocycles. The first-order valence-corrected chi connectivity index (χ1v) is 12.6. The van der Waals surface area contributed by atoms with Crippen LogP contribution in [-0.4, -0.2) is 50.9 Å². The second-order valence-electron chi connectivity index (χ2n) is 7.95. The van der Waals surface area contributed by atoms with Gasteiger partial charge < -0.3 is 19.8 Å². The number of rotatable bonds is 8. The van der Waals surface area contributed by atoms with E-state index in [1.165, 1.54) is 12.1 Å². The number of ether oxygens (including phenoxy) is 1. The van der Waals surface area contributed by atoms with Crippen LogP contribution in [0.1, 0.15) is 48.0 Å². The van der Waals surface area contributed by atoms with E-state index in [1.807, 2.05) is 11.0 Å². The van der Waals surface area contributed by atoms with E-state index in [4.69, 9.17) is 11.6 Å². The van der Waals surface area contributed by atoms with Gasteiger partial charge in [-0.05, 0) is 62.4 Å². The number of phenols is 1. The maximum atomic E-state index is 13.3. The molecule has 0 amide bonds. The highest BCUT2D eigenvalue weighted by molar-refractivity contribution is 7.92. The molecule has 0 unspecified atom stereocenters. The summed E-state index contributed by atoms with van der Waals surface area (Å²) in [5, 5.41) is 29.1. The molecule has 1 heterocycles. The number of nitrogens with zero attached hydrogens (tertiary/aromatic N) is 2. The van der Waals surface area contributed by atoms with Crippen molar-refractivity contribution in [3.8, 4) is 11.8 Å². The third-order valence-corrected chi connectivity index (χ3v) is 7.46. The molecule has 34 heavy (non-hydrogen) atoms. The highest BCUT2D eigenvalue weighted by Gasteiger charge is 2.28. The lowest BCUT2D eigenvalue weighted by atomic mass is 9.96. The molecule has 0 saturated carbocycles. The SMILES string of the molecule is COC(=O)c1ccc(O)c(S(=O)(=O)Nc2cc(C#N)c(Cl)cc2N2CCCC[C@H]2CCCO)c1. The lowest BCUT2D eigenvalue weighted by molar-refractivity contribution is 0.0600. The summed E-state index contributed by atoms with van der Waals surface area (Å²) in [6.45, 7) is 0.698. The minimum Gasteiger partial charge on any atom is -0.507 e. The predicted molar refractivity (Wildman–Crippen MR) is 128 cm³/mol. The molecule has 11 heteroatoms. The number of carbonyl (C=O) groups excluding carboxylic acids is 1. The number of hydrogen-bond donors (Lipinski definition) is 3. The molecule has 182 valence electrons. The van der Waals surface area contributed by atoms with Gasteiger partial charge in [-0.25, -0.2) is 13.2 Å². The minimum absolute atomic E-state index is 0.0465. The van der Waals surface area contributed by atoms with E-state index in [-0.39, 0.29) is 34.5 Å². The van der Waals surface area contributed by atoms with Gasteiger partial charge in [-0.2, -0.15) is 5.26 Å². The lowest BCUT2D eigenvalue weighted by Crippen LogP contribution is -2.40. The standard InChI is InChI=1S/C23H26ClN3O6S/c1-33-23(30)15-7-8-21(29)22(12-15)34(31,32)26-19-11-16(14-25)18(24)13-20(19)27-9-3-2-5-17(27)6-4-10-28/h7-8,11-13,17,26,28-29H,2-6,9-10H2,1H3/t17-/m0/s1. The van der Waals surface area contributed by atoms with E-state index < -0.39 is 26.6 Å². The van der Waals surface area contributed by atoms with Gasteiger partial charge in [0.25, 0.3) is 10.0 Å². The molecule has 0 aliphatic carbocycles. The van der Waals surface area contributed by atoms with Gasteiger partial charge in [-0.1, -0.05) is 11.6 Å². The van der Waals surface area contributed by atoms with Gasteiger partial charge in [0.2, 0.25) is 0 Å². The zero-order valence-corrected chi connectivity index (χ0v) is 20.2. The number of nitrogens with one attached hydrogen (secondary N) is 1. The number of carbonyl (C=O) groups is 1. The van der Waals surface area contributed by atoms with Crippen LogP contribution in [0.2, 0.25) is 5.02 Å². The summed E-state index contributed by atoms with van der Waals surface area (Å²) in [4.78, 5) is 13.4. The Morgan fingerprint density at radius 2 is 2.09 bits per heavy atom. The Kier molecular flexibility index (Phi) is 8.25. The zero-order chi connectivity index (χ0) is 24.9. The number of hydrogen-bond acceptors (Lipinski definition) is 8. The van der Waals surface area contributed by atoms with Crippen molar-refractivity contribution in [2.45, 2.75) is 43.0 Å². The largest absolute Gasteiger partial charge is 0.507 e. The van der Waals surface area contributed by atoms with E-state index in [2.05, 4.69) is 9.46 Å². The number of sulfonamides is 1. The summed E-state index contributed by atoms with van der Waals surface area (Å²) in [5.74, 6) is -1.30. The molecule has 0 radical (unpaired) electrons. The number of benzene rings is 2. The van der Waals surface area contributed by atoms with Crippen LogP contribution in [0.5, 0.6) is 5.75 Å². The Labute approximate surface area is 203 Å². The second kappa shape index (κ2) is 11.0. The van der Waals surface area contributed by atoms with Crippen molar-refractivity contribution in [3.05, 3.63) is 46.5 Å². The van der Waals surface area contributed by atoms with Crippen LogP contribution < -0.4 is 9.62 Å². The van der Waals surface area contributed by atoms with Crippen molar-refractivity contribution >= 4 is 39.0 Å². The quantitative estimate of drug-likeness (QED) is 0.460. The third-order valence-electron chi connectivity index (χ3n) is 5.75. The topological polar surface area (TPSA) is 140 Å². The molecule has 1 atom stereocenters. The van der Waals surface area contributed by atoms with Gasteiger partial charge in [0.1, 0.15) is 16.7 Å². The Morgan fingerprint density at radius 1 is 1.32 bits per heavy atom. The van der Waals surface area contributed by atoms with Gasteiger partial charge >= 0.3 is 5.97 Å². The second-order valence-corrected chi connectivity index (χ2v) is 10.0. The average molecular weight is 508 g/mol. The average Bonchev–Trinajstić information content (AvgIpc) is 2.83. The smallest absolute Gasteiger partial charge is 0.337 e. The summed E-state index contributed by atoms with van der Waals surface area (Å²) in [6, 6.07) is 8.29. The number of halogens is 1. The summed E-state index contributed by atoms with van der Waals surface area (Å²) in [6.07, 6.45) is 4.07. The first-order chi connectivity index (χ1) is 16.2. The van der Waals surface area contributed by atoms with Gasteiger partial charge in [-0.15, -0.1) is 0 Å². The molecule has 2 aromatic rings. The number of aromatic hydroxyl groups is 1. The van der Waals surface area contributed by atoms with Crippen LogP contribution in [0.25, 0.3) is 0 Å². The molecule has 3 N–H and O–H groups in total. The Bertz CT molecular complexity index is 1210. The summed E-state index contributed by atoms with van der Waals surface area (Å²) in [7, 11) is -3.21. The molecule has 0 aromatic heterocycles. The highest BCUT2D eigenvalue weighted by atomic mass is 35.5. The molecule has 9 nitrogen and oxygen atoms in total. The molecule has 0 spiro atoms. The summed E-state index contributed by atoms with van der Waals surface area (Å²) in [5.41, 5.74) is 0.660. The van der Waals surface area contributed by atoms with Gasteiger partial charge in [-0.3, -0.25) is 4.72 Å². The maximum absolute atomic E-state index is 13.3. The maximum Gasteiger partial charge on any atom is 0.337 e. The fourth-order valence-corrected chi connectivity index (χ4v) is 5.48. The van der Waals surface area contributed by atoms with E-state index >= 15 is 0 Å². The number of anilines is 2. The normalized spacial score (nSPS) is 16.1. The first kappa shape index (κ1) is 25.6. The van der Waals surface area contributed by atoms with Gasteiger partial charge in [0.15, 0.2) is 0 Å². The third kappa shape index (κ3) is 5.55. The molecule has 1 fully saturated rings. The van der Waals surface area contributed by atoms with Gasteiger partial charge in [0, 0.05) is 19.2 Å². The number of esters is 1. The van der Waals surface area contributed by atoms with Crippen LogP contribution >= 0.6 is 11.6 Å². The lowest BCUT2D eigenvalue weighted by Gasteiger charge is -2.39. The molecule has 1 aliphatic heterocycles. The first-order valence-electron chi connectivity index (χ1n) is 10.8.